The van der Waals surface area contributed by atoms with Gasteiger partial charge in [-0.15, -0.1) is 0 Å². The first kappa shape index (κ1) is 16.2. The smallest absolute Gasteiger partial charge is 0.250 e. The Bertz CT molecular complexity index is 728. The number of hydrogen-bond acceptors (Lipinski definition) is 2. The number of aryl methyl sites for hydroxylation is 1. The highest BCUT2D eigenvalue weighted by Gasteiger charge is 2.02. The van der Waals surface area contributed by atoms with Crippen molar-refractivity contribution in [2.75, 3.05) is 5.32 Å². The molecule has 22 heavy (non-hydrogen) atoms. The Morgan fingerprint density at radius 2 is 1.95 bits per heavy atom. The Kier molecular flexibility index (Phi) is 5.69. The minimum absolute atomic E-state index is 0.249. The lowest BCUT2D eigenvalue weighted by Crippen LogP contribution is -2.32. The Hall–Kier alpha value is -2.17. The maximum Gasteiger partial charge on any atom is 0.250 e. The molecule has 0 fully saturated rings. The van der Waals surface area contributed by atoms with Crippen LogP contribution >= 0.6 is 23.8 Å². The van der Waals surface area contributed by atoms with E-state index < -0.39 is 0 Å². The van der Waals surface area contributed by atoms with E-state index in [0.717, 1.165) is 16.8 Å². The number of benzene rings is 2. The van der Waals surface area contributed by atoms with E-state index >= 15 is 0 Å². The van der Waals surface area contributed by atoms with Gasteiger partial charge >= 0.3 is 0 Å². The Balaban J connectivity index is 1.92. The highest BCUT2D eigenvalue weighted by atomic mass is 35.5. The summed E-state index contributed by atoms with van der Waals surface area (Å²) in [6.45, 7) is 1.99. The first-order valence-corrected chi connectivity index (χ1v) is 7.44. The van der Waals surface area contributed by atoms with Crippen molar-refractivity contribution in [3.8, 4) is 0 Å². The molecule has 0 unspecified atom stereocenters. The van der Waals surface area contributed by atoms with Crippen molar-refractivity contribution < 1.29 is 4.79 Å². The van der Waals surface area contributed by atoms with E-state index in [1.165, 1.54) is 6.08 Å². The van der Waals surface area contributed by atoms with Crippen LogP contribution in [0.15, 0.2) is 54.6 Å². The summed E-state index contributed by atoms with van der Waals surface area (Å²) in [4.78, 5) is 11.8. The van der Waals surface area contributed by atoms with Crippen molar-refractivity contribution >= 4 is 46.6 Å². The molecule has 112 valence electrons. The second kappa shape index (κ2) is 7.73. The average Bonchev–Trinajstić information content (AvgIpc) is 2.46. The Morgan fingerprint density at radius 1 is 1.18 bits per heavy atom. The molecule has 0 aromatic heterocycles. The Labute approximate surface area is 140 Å². The lowest BCUT2D eigenvalue weighted by Gasteiger charge is -2.08. The largest absolute Gasteiger partial charge is 0.332 e. The van der Waals surface area contributed by atoms with E-state index in [-0.39, 0.29) is 11.0 Å². The van der Waals surface area contributed by atoms with Crippen molar-refractivity contribution in [3.63, 3.8) is 0 Å². The summed E-state index contributed by atoms with van der Waals surface area (Å²) in [6.07, 6.45) is 3.04. The zero-order valence-electron chi connectivity index (χ0n) is 12.0. The van der Waals surface area contributed by atoms with E-state index in [4.69, 9.17) is 23.8 Å². The first-order valence-electron chi connectivity index (χ1n) is 6.66. The SMILES string of the molecule is Cc1cccc(NC(=S)NC(=O)C=Cc2ccccc2Cl)c1. The van der Waals surface area contributed by atoms with Gasteiger partial charge in [-0.1, -0.05) is 41.9 Å². The van der Waals surface area contributed by atoms with Gasteiger partial charge in [-0.25, -0.2) is 0 Å². The molecule has 1 amide bonds. The second-order valence-corrected chi connectivity index (χ2v) is 5.48. The number of amides is 1. The highest BCUT2D eigenvalue weighted by molar-refractivity contribution is 7.80. The molecule has 0 aliphatic heterocycles. The molecular weight excluding hydrogens is 316 g/mol. The monoisotopic (exact) mass is 330 g/mol. The van der Waals surface area contributed by atoms with E-state index in [2.05, 4.69) is 10.6 Å². The molecule has 2 rings (SSSR count). The average molecular weight is 331 g/mol. The fourth-order valence-corrected chi connectivity index (χ4v) is 2.23. The van der Waals surface area contributed by atoms with Gasteiger partial charge in [0.15, 0.2) is 5.11 Å². The molecule has 0 atom stereocenters. The molecule has 0 saturated heterocycles. The maximum absolute atomic E-state index is 11.8. The molecule has 0 saturated carbocycles. The minimum Gasteiger partial charge on any atom is -0.332 e. The van der Waals surface area contributed by atoms with Gasteiger partial charge in [0.25, 0.3) is 0 Å². The molecule has 3 nitrogen and oxygen atoms in total. The molecule has 0 heterocycles. The molecule has 0 radical (unpaired) electrons. The van der Waals surface area contributed by atoms with Crippen LogP contribution < -0.4 is 10.6 Å². The van der Waals surface area contributed by atoms with Gasteiger partial charge in [-0.2, -0.15) is 0 Å². The fraction of sp³-hybridized carbons (Fsp3) is 0.0588. The van der Waals surface area contributed by atoms with E-state index in [1.54, 1.807) is 12.1 Å². The van der Waals surface area contributed by atoms with Crippen LogP contribution in [0.4, 0.5) is 5.69 Å². The maximum atomic E-state index is 11.8. The van der Waals surface area contributed by atoms with E-state index in [0.29, 0.717) is 5.02 Å². The third-order valence-corrected chi connectivity index (χ3v) is 3.38. The summed E-state index contributed by atoms with van der Waals surface area (Å²) >= 11 is 11.1. The summed E-state index contributed by atoms with van der Waals surface area (Å²) in [5.41, 5.74) is 2.72. The van der Waals surface area contributed by atoms with Crippen LogP contribution in [0.5, 0.6) is 0 Å². The van der Waals surface area contributed by atoms with Gasteiger partial charge in [0.2, 0.25) is 5.91 Å². The van der Waals surface area contributed by atoms with Gasteiger partial charge < -0.3 is 5.32 Å². The van der Waals surface area contributed by atoms with E-state index in [9.17, 15) is 4.79 Å². The lowest BCUT2D eigenvalue weighted by atomic mass is 10.2. The molecule has 0 spiro atoms. The molecular formula is C17H15ClN2OS. The third kappa shape index (κ3) is 4.98. The van der Waals surface area contributed by atoms with Crippen molar-refractivity contribution in [3.05, 3.63) is 70.8 Å². The second-order valence-electron chi connectivity index (χ2n) is 4.67. The number of halogens is 1. The number of nitrogens with one attached hydrogen (secondary N) is 2. The number of carbonyl (C=O) groups excluding carboxylic acids is 1. The Morgan fingerprint density at radius 3 is 2.68 bits per heavy atom. The minimum atomic E-state index is -0.315. The summed E-state index contributed by atoms with van der Waals surface area (Å²) < 4.78 is 0. The quantitative estimate of drug-likeness (QED) is 0.655. The number of hydrogen-bond donors (Lipinski definition) is 2. The van der Waals surface area contributed by atoms with Crippen molar-refractivity contribution in [1.82, 2.24) is 5.32 Å². The van der Waals surface area contributed by atoms with Gasteiger partial charge in [-0.05, 0) is 54.5 Å². The molecule has 2 N–H and O–H groups in total. The number of rotatable bonds is 3. The number of anilines is 1. The van der Waals surface area contributed by atoms with Gasteiger partial charge in [0.1, 0.15) is 0 Å². The summed E-state index contributed by atoms with van der Waals surface area (Å²) in [7, 11) is 0. The molecule has 0 bridgehead atoms. The predicted molar refractivity (Wildman–Crippen MR) is 96.0 cm³/mol. The fourth-order valence-electron chi connectivity index (χ4n) is 1.81. The summed E-state index contributed by atoms with van der Waals surface area (Å²) in [6, 6.07) is 15.0. The first-order chi connectivity index (χ1) is 10.5. The zero-order valence-corrected chi connectivity index (χ0v) is 13.5. The normalized spacial score (nSPS) is 10.5. The van der Waals surface area contributed by atoms with Gasteiger partial charge in [-0.3, -0.25) is 10.1 Å². The van der Waals surface area contributed by atoms with Crippen molar-refractivity contribution in [2.45, 2.75) is 6.92 Å². The van der Waals surface area contributed by atoms with Gasteiger partial charge in [0, 0.05) is 16.8 Å². The summed E-state index contributed by atoms with van der Waals surface area (Å²) in [5, 5.41) is 6.39. The van der Waals surface area contributed by atoms with Crippen LogP contribution in [0.25, 0.3) is 6.08 Å². The lowest BCUT2D eigenvalue weighted by molar-refractivity contribution is -0.115. The molecule has 0 aliphatic rings. The van der Waals surface area contributed by atoms with Crippen molar-refractivity contribution in [2.24, 2.45) is 0 Å². The van der Waals surface area contributed by atoms with Crippen molar-refractivity contribution in [1.29, 1.82) is 0 Å². The standard InChI is InChI=1S/C17H15ClN2OS/c1-12-5-4-7-14(11-12)19-17(22)20-16(21)10-9-13-6-2-3-8-15(13)18/h2-11H,1H3,(H2,19,20,21,22). The third-order valence-electron chi connectivity index (χ3n) is 2.83. The number of thiocarbonyl (C=S) groups is 1. The predicted octanol–water partition coefficient (Wildman–Crippen LogP) is 4.17. The molecule has 5 heteroatoms. The van der Waals surface area contributed by atoms with Crippen LogP contribution in [0.2, 0.25) is 5.02 Å². The zero-order chi connectivity index (χ0) is 15.9. The summed E-state index contributed by atoms with van der Waals surface area (Å²) in [5.74, 6) is -0.315. The van der Waals surface area contributed by atoms with Crippen LogP contribution in [0.3, 0.4) is 0 Å². The molecule has 2 aromatic rings. The van der Waals surface area contributed by atoms with Crippen LogP contribution in [-0.4, -0.2) is 11.0 Å². The highest BCUT2D eigenvalue weighted by Crippen LogP contribution is 2.16. The van der Waals surface area contributed by atoms with Crippen LogP contribution in [-0.2, 0) is 4.79 Å². The topological polar surface area (TPSA) is 41.1 Å². The van der Waals surface area contributed by atoms with Crippen LogP contribution in [0, 0.1) is 6.92 Å². The van der Waals surface area contributed by atoms with Crippen LogP contribution in [0.1, 0.15) is 11.1 Å². The number of carbonyl (C=O) groups is 1. The molecule has 2 aromatic carbocycles. The van der Waals surface area contributed by atoms with E-state index in [1.807, 2.05) is 49.4 Å². The molecule has 0 aliphatic carbocycles. The van der Waals surface area contributed by atoms with Gasteiger partial charge in [0.05, 0.1) is 0 Å².